The predicted octanol–water partition coefficient (Wildman–Crippen LogP) is 2.06. The van der Waals surface area contributed by atoms with Crippen molar-refractivity contribution in [2.75, 3.05) is 19.7 Å². The summed E-state index contributed by atoms with van der Waals surface area (Å²) < 4.78 is 5.74. The van der Waals surface area contributed by atoms with E-state index in [9.17, 15) is 9.59 Å². The number of urea groups is 1. The summed E-state index contributed by atoms with van der Waals surface area (Å²) in [6.07, 6.45) is 2.78. The van der Waals surface area contributed by atoms with Crippen LogP contribution in [0.15, 0.2) is 24.3 Å². The van der Waals surface area contributed by atoms with Gasteiger partial charge in [0.1, 0.15) is 12.4 Å². The molecule has 3 rings (SSSR count). The number of rotatable bonds is 5. The molecule has 1 aromatic rings. The van der Waals surface area contributed by atoms with Crippen LogP contribution in [0.3, 0.4) is 0 Å². The van der Waals surface area contributed by atoms with E-state index in [0.29, 0.717) is 19.7 Å². The topological polar surface area (TPSA) is 84.7 Å². The highest BCUT2D eigenvalue weighted by Gasteiger charge is 2.54. The zero-order chi connectivity index (χ0) is 18.0. The molecule has 3 amide bonds. The molecule has 1 aliphatic carbocycles. The van der Waals surface area contributed by atoms with Crippen LogP contribution >= 0.6 is 0 Å². The van der Waals surface area contributed by atoms with Gasteiger partial charge in [-0.05, 0) is 50.3 Å². The first kappa shape index (κ1) is 17.6. The Bertz CT molecular complexity index is 663. The molecular formula is C19H27N3O3. The third-order valence-corrected chi connectivity index (χ3v) is 5.51. The Balaban J connectivity index is 1.51. The van der Waals surface area contributed by atoms with E-state index in [0.717, 1.165) is 30.6 Å². The van der Waals surface area contributed by atoms with Crippen molar-refractivity contribution >= 4 is 11.9 Å². The van der Waals surface area contributed by atoms with Gasteiger partial charge in [-0.2, -0.15) is 0 Å². The van der Waals surface area contributed by atoms with Crippen molar-refractivity contribution in [1.82, 2.24) is 10.2 Å². The second-order valence-electron chi connectivity index (χ2n) is 7.47. The highest BCUT2D eigenvalue weighted by Crippen LogP contribution is 2.48. The van der Waals surface area contributed by atoms with Gasteiger partial charge in [-0.15, -0.1) is 0 Å². The maximum absolute atomic E-state index is 12.5. The first-order chi connectivity index (χ1) is 11.9. The minimum atomic E-state index is -0.515. The number of benzene rings is 1. The summed E-state index contributed by atoms with van der Waals surface area (Å²) in [5.74, 6) is 0.736. The lowest BCUT2D eigenvalue weighted by Crippen LogP contribution is -2.47. The lowest BCUT2D eigenvalue weighted by molar-refractivity contribution is -0.128. The number of fused-ring (bicyclic) bond motifs is 1. The van der Waals surface area contributed by atoms with Crippen LogP contribution in [0.1, 0.15) is 31.7 Å². The molecule has 25 heavy (non-hydrogen) atoms. The summed E-state index contributed by atoms with van der Waals surface area (Å²) in [4.78, 5) is 26.2. The normalized spacial score (nSPS) is 26.2. The predicted molar refractivity (Wildman–Crippen MR) is 95.2 cm³/mol. The summed E-state index contributed by atoms with van der Waals surface area (Å²) in [7, 11) is 0. The molecule has 1 heterocycles. The monoisotopic (exact) mass is 345 g/mol. The van der Waals surface area contributed by atoms with Crippen molar-refractivity contribution in [2.45, 2.75) is 39.2 Å². The molecular weight excluding hydrogens is 318 g/mol. The van der Waals surface area contributed by atoms with E-state index in [4.69, 9.17) is 10.5 Å². The molecule has 6 heteroatoms. The second kappa shape index (κ2) is 6.94. The van der Waals surface area contributed by atoms with Gasteiger partial charge >= 0.3 is 6.03 Å². The fourth-order valence-corrected chi connectivity index (χ4v) is 4.12. The summed E-state index contributed by atoms with van der Waals surface area (Å²) >= 11 is 0. The van der Waals surface area contributed by atoms with Gasteiger partial charge in [-0.1, -0.05) is 18.6 Å². The summed E-state index contributed by atoms with van der Waals surface area (Å²) in [6, 6.07) is 7.55. The summed E-state index contributed by atoms with van der Waals surface area (Å²) in [6.45, 7) is 5.36. The van der Waals surface area contributed by atoms with Crippen molar-refractivity contribution < 1.29 is 14.3 Å². The second-order valence-corrected chi connectivity index (χ2v) is 7.47. The highest BCUT2D eigenvalue weighted by molar-refractivity contribution is 5.84. The lowest BCUT2D eigenvalue weighted by Gasteiger charge is -2.25. The molecule has 0 aromatic heterocycles. The zero-order valence-electron chi connectivity index (χ0n) is 15.0. The molecule has 1 unspecified atom stereocenters. The standard InChI is InChI=1S/C19H27N3O3/c1-13-5-3-7-16(9-13)25-11-14(2)21-18(24)22-10-15-6-4-8-19(15,12-22)17(20)23/h3,5,7,9,14-15H,4,6,8,10-12H2,1-2H3,(H2,20,23)(H,21,24)/t14?,15-,19-/m0/s1. The quantitative estimate of drug-likeness (QED) is 0.857. The van der Waals surface area contributed by atoms with Gasteiger partial charge in [0.05, 0.1) is 11.5 Å². The van der Waals surface area contributed by atoms with Crippen molar-refractivity contribution in [3.63, 3.8) is 0 Å². The van der Waals surface area contributed by atoms with Crippen molar-refractivity contribution in [3.8, 4) is 5.75 Å². The Hall–Kier alpha value is -2.24. The Kier molecular flexibility index (Phi) is 4.88. The molecule has 2 aliphatic rings. The van der Waals surface area contributed by atoms with Crippen LogP contribution in [0.4, 0.5) is 4.79 Å². The molecule has 1 saturated heterocycles. The smallest absolute Gasteiger partial charge is 0.317 e. The van der Waals surface area contributed by atoms with E-state index in [1.165, 1.54) is 0 Å². The van der Waals surface area contributed by atoms with Crippen LogP contribution in [0.5, 0.6) is 5.75 Å². The number of likely N-dealkylation sites (tertiary alicyclic amines) is 1. The minimum Gasteiger partial charge on any atom is -0.491 e. The van der Waals surface area contributed by atoms with Crippen LogP contribution in [-0.2, 0) is 4.79 Å². The van der Waals surface area contributed by atoms with E-state index in [-0.39, 0.29) is 23.9 Å². The highest BCUT2D eigenvalue weighted by atomic mass is 16.5. The fourth-order valence-electron chi connectivity index (χ4n) is 4.12. The molecule has 3 N–H and O–H groups in total. The average molecular weight is 345 g/mol. The molecule has 3 atom stereocenters. The zero-order valence-corrected chi connectivity index (χ0v) is 15.0. The van der Waals surface area contributed by atoms with Gasteiger partial charge < -0.3 is 20.7 Å². The maximum Gasteiger partial charge on any atom is 0.317 e. The van der Waals surface area contributed by atoms with Crippen molar-refractivity contribution in [2.24, 2.45) is 17.1 Å². The van der Waals surface area contributed by atoms with Crippen molar-refractivity contribution in [1.29, 1.82) is 0 Å². The van der Waals surface area contributed by atoms with Crippen molar-refractivity contribution in [3.05, 3.63) is 29.8 Å². The number of carbonyl (C=O) groups is 2. The van der Waals surface area contributed by atoms with Gasteiger partial charge in [-0.25, -0.2) is 4.79 Å². The van der Waals surface area contributed by atoms with E-state index >= 15 is 0 Å². The van der Waals surface area contributed by atoms with Gasteiger partial charge in [0.15, 0.2) is 0 Å². The van der Waals surface area contributed by atoms with E-state index in [1.807, 2.05) is 38.1 Å². The average Bonchev–Trinajstić information content (AvgIpc) is 3.11. The van der Waals surface area contributed by atoms with E-state index < -0.39 is 5.41 Å². The molecule has 0 spiro atoms. The van der Waals surface area contributed by atoms with E-state index in [2.05, 4.69) is 5.32 Å². The lowest BCUT2D eigenvalue weighted by atomic mass is 9.80. The Labute approximate surface area is 148 Å². The Morgan fingerprint density at radius 3 is 2.96 bits per heavy atom. The van der Waals surface area contributed by atoms with Crippen LogP contribution in [0.25, 0.3) is 0 Å². The molecule has 0 radical (unpaired) electrons. The maximum atomic E-state index is 12.5. The number of nitrogens with two attached hydrogens (primary N) is 1. The first-order valence-corrected chi connectivity index (χ1v) is 8.95. The summed E-state index contributed by atoms with van der Waals surface area (Å²) in [5, 5.41) is 2.96. The number of hydrogen-bond donors (Lipinski definition) is 2. The van der Waals surface area contributed by atoms with Gasteiger partial charge in [0, 0.05) is 13.1 Å². The van der Waals surface area contributed by atoms with Crippen LogP contribution in [0.2, 0.25) is 0 Å². The fraction of sp³-hybridized carbons (Fsp3) is 0.579. The van der Waals surface area contributed by atoms with Gasteiger partial charge in [-0.3, -0.25) is 4.79 Å². The molecule has 136 valence electrons. The number of aryl methyl sites for hydroxylation is 1. The molecule has 0 bridgehead atoms. The molecule has 1 aliphatic heterocycles. The number of carbonyl (C=O) groups excluding carboxylic acids is 2. The Morgan fingerprint density at radius 1 is 1.48 bits per heavy atom. The first-order valence-electron chi connectivity index (χ1n) is 8.95. The molecule has 1 aromatic carbocycles. The minimum absolute atomic E-state index is 0.127. The van der Waals surface area contributed by atoms with Crippen LogP contribution in [0, 0.1) is 18.3 Å². The third-order valence-electron chi connectivity index (χ3n) is 5.51. The van der Waals surface area contributed by atoms with Crippen LogP contribution < -0.4 is 15.8 Å². The summed E-state index contributed by atoms with van der Waals surface area (Å²) in [5.41, 5.74) is 6.26. The molecule has 1 saturated carbocycles. The van der Waals surface area contributed by atoms with Gasteiger partial charge in [0.25, 0.3) is 0 Å². The number of ether oxygens (including phenoxy) is 1. The number of hydrogen-bond acceptors (Lipinski definition) is 3. The number of nitrogens with zero attached hydrogens (tertiary/aromatic N) is 1. The SMILES string of the molecule is Cc1cccc(OCC(C)NC(=O)N2C[C@@H]3CCC[C@]3(C(N)=O)C2)c1. The Morgan fingerprint density at radius 2 is 2.28 bits per heavy atom. The molecule has 6 nitrogen and oxygen atoms in total. The number of nitrogens with one attached hydrogen (secondary N) is 1. The van der Waals surface area contributed by atoms with Gasteiger partial charge in [0.2, 0.25) is 5.91 Å². The molecule has 2 fully saturated rings. The van der Waals surface area contributed by atoms with Crippen LogP contribution in [-0.4, -0.2) is 42.6 Å². The largest absolute Gasteiger partial charge is 0.491 e. The number of amides is 3. The number of primary amides is 1. The third kappa shape index (κ3) is 3.57. The van der Waals surface area contributed by atoms with E-state index in [1.54, 1.807) is 4.90 Å².